The molecule has 15 heteroatoms. The van der Waals surface area contributed by atoms with Crippen molar-refractivity contribution in [3.05, 3.63) is 35.7 Å². The lowest BCUT2D eigenvalue weighted by molar-refractivity contribution is -0.174. The Morgan fingerprint density at radius 2 is 1.69 bits per heavy atom. The number of carbonyl (C=O) groups excluding carboxylic acids is 3. The van der Waals surface area contributed by atoms with Crippen LogP contribution in [-0.2, 0) is 40.4 Å². The lowest BCUT2D eigenvalue weighted by Gasteiger charge is -2.38. The van der Waals surface area contributed by atoms with Crippen molar-refractivity contribution in [2.45, 2.75) is 90.3 Å². The van der Waals surface area contributed by atoms with Gasteiger partial charge in [0.15, 0.2) is 9.84 Å². The molecule has 1 aromatic rings. The number of carboxylic acids is 1. The molecule has 0 saturated heterocycles. The highest BCUT2D eigenvalue weighted by Gasteiger charge is 2.47. The van der Waals surface area contributed by atoms with Crippen LogP contribution in [-0.4, -0.2) is 89.3 Å². The van der Waals surface area contributed by atoms with Crippen LogP contribution in [0.25, 0.3) is 0 Å². The number of rotatable bonds is 16. The van der Waals surface area contributed by atoms with Gasteiger partial charge in [-0.1, -0.05) is 19.1 Å². The fraction of sp³-hybridized carbons (Fsp3) is 0.600. The van der Waals surface area contributed by atoms with Gasteiger partial charge in [0, 0.05) is 31.2 Å². The minimum absolute atomic E-state index is 0.000296. The molecule has 1 aliphatic carbocycles. The average Bonchev–Trinajstić information content (AvgIpc) is 2.96. The third kappa shape index (κ3) is 12.1. The topological polar surface area (TPSA) is 226 Å². The van der Waals surface area contributed by atoms with Crippen LogP contribution in [0.3, 0.4) is 0 Å². The Kier molecular flexibility index (Phi) is 14.0. The summed E-state index contributed by atoms with van der Waals surface area (Å²) in [6, 6.07) is 4.45. The molecule has 1 aromatic carbocycles. The summed E-state index contributed by atoms with van der Waals surface area (Å²) in [6.07, 6.45) is -5.28. The van der Waals surface area contributed by atoms with Gasteiger partial charge >= 0.3 is 11.9 Å². The van der Waals surface area contributed by atoms with Crippen molar-refractivity contribution in [2.75, 3.05) is 17.6 Å². The van der Waals surface area contributed by atoms with E-state index in [0.29, 0.717) is 24.8 Å². The Morgan fingerprint density at radius 3 is 2.31 bits per heavy atom. The maximum Gasteiger partial charge on any atom is 0.311 e. The van der Waals surface area contributed by atoms with E-state index >= 15 is 0 Å². The highest BCUT2D eigenvalue weighted by Crippen LogP contribution is 2.33. The van der Waals surface area contributed by atoms with Gasteiger partial charge in [-0.25, -0.2) is 8.42 Å². The fourth-order valence-electron chi connectivity index (χ4n) is 4.42. The second-order valence-corrected chi connectivity index (χ2v) is 14.0. The molecule has 0 radical (unpaired) electrons. The highest BCUT2D eigenvalue weighted by molar-refractivity contribution is 7.94. The number of carbonyl (C=O) groups is 4. The number of sulfone groups is 1. The Balaban J connectivity index is 2.06. The van der Waals surface area contributed by atoms with Crippen molar-refractivity contribution in [2.24, 2.45) is 11.3 Å². The number of esters is 1. The number of unbranched alkanes of at least 4 members (excludes halogenated alkanes) is 2. The second-order valence-electron chi connectivity index (χ2n) is 12.0. The predicted molar refractivity (Wildman–Crippen MR) is 163 cm³/mol. The summed E-state index contributed by atoms with van der Waals surface area (Å²) < 4.78 is 34.1. The molecule has 6 N–H and O–H groups in total. The van der Waals surface area contributed by atoms with E-state index in [9.17, 15) is 48.0 Å². The predicted octanol–water partition coefficient (Wildman–Crippen LogP) is 1.27. The Labute approximate surface area is 262 Å². The van der Waals surface area contributed by atoms with Crippen LogP contribution in [0.2, 0.25) is 0 Å². The van der Waals surface area contributed by atoms with Gasteiger partial charge < -0.3 is 40.5 Å². The molecule has 2 amide bonds. The van der Waals surface area contributed by atoms with E-state index in [-0.39, 0.29) is 55.5 Å². The minimum atomic E-state index is -3.28. The third-order valence-electron chi connectivity index (χ3n) is 7.14. The van der Waals surface area contributed by atoms with E-state index in [1.54, 1.807) is 26.8 Å². The number of anilines is 1. The van der Waals surface area contributed by atoms with Gasteiger partial charge in [0.2, 0.25) is 11.8 Å². The molecule has 45 heavy (non-hydrogen) atoms. The molecule has 0 aliphatic heterocycles. The van der Waals surface area contributed by atoms with Crippen LogP contribution < -0.4 is 15.4 Å². The van der Waals surface area contributed by atoms with Gasteiger partial charge in [0.25, 0.3) is 0 Å². The Bertz CT molecular complexity index is 1320. The molecule has 14 nitrogen and oxygen atoms in total. The van der Waals surface area contributed by atoms with Crippen LogP contribution >= 0.6 is 0 Å². The summed E-state index contributed by atoms with van der Waals surface area (Å²) in [7, 11) is -3.28. The zero-order chi connectivity index (χ0) is 33.9. The smallest absolute Gasteiger partial charge is 0.311 e. The van der Waals surface area contributed by atoms with Gasteiger partial charge in [-0.2, -0.15) is 0 Å². The van der Waals surface area contributed by atoms with E-state index in [2.05, 4.69) is 17.2 Å². The molecule has 0 unspecified atom stereocenters. The summed E-state index contributed by atoms with van der Waals surface area (Å²) in [5, 5.41) is 46.4. The number of carboxylic acid groups (broad SMARTS) is 1. The van der Waals surface area contributed by atoms with Crippen LogP contribution in [0.15, 0.2) is 30.2 Å². The van der Waals surface area contributed by atoms with E-state index in [1.807, 2.05) is 0 Å². The second kappa shape index (κ2) is 16.7. The molecule has 2 rings (SSSR count). The first-order chi connectivity index (χ1) is 20.9. The number of aliphatic carboxylic acids is 1. The minimum Gasteiger partial charge on any atom is -0.485 e. The zero-order valence-electron chi connectivity index (χ0n) is 25.7. The van der Waals surface area contributed by atoms with E-state index < -0.39 is 63.4 Å². The molecular weight excluding hydrogens is 612 g/mol. The van der Waals surface area contributed by atoms with Gasteiger partial charge in [-0.05, 0) is 51.3 Å². The number of aliphatic hydroxyl groups excluding tert-OH is 3. The molecule has 0 spiro atoms. The van der Waals surface area contributed by atoms with E-state index in [4.69, 9.17) is 9.47 Å². The highest BCUT2D eigenvalue weighted by atomic mass is 32.2. The molecule has 0 heterocycles. The van der Waals surface area contributed by atoms with Gasteiger partial charge in [-0.15, -0.1) is 0 Å². The van der Waals surface area contributed by atoms with Crippen LogP contribution in [0.5, 0.6) is 5.75 Å². The molecule has 0 bridgehead atoms. The summed E-state index contributed by atoms with van der Waals surface area (Å²) in [5.74, 6) is -4.09. The van der Waals surface area contributed by atoms with Gasteiger partial charge in [0.05, 0.1) is 28.9 Å². The lowest BCUT2D eigenvalue weighted by atomic mass is 9.80. The summed E-state index contributed by atoms with van der Waals surface area (Å²) in [5.41, 5.74) is -0.169. The SMILES string of the molecule is C=CS(=O)(=O)CCCCCC(=O)NCCC(=O)Nc1cc(COC(=O)C(C)(C)C)ccc1O[C@@H]1C[C@H](C(=O)O)[C@@H](O)[C@H](O)[C@H]1O. The largest absolute Gasteiger partial charge is 0.485 e. The average molecular weight is 657 g/mol. The monoisotopic (exact) mass is 656 g/mol. The molecule has 252 valence electrons. The van der Waals surface area contributed by atoms with Crippen molar-refractivity contribution < 1.29 is 57.5 Å². The third-order valence-corrected chi connectivity index (χ3v) is 8.50. The summed E-state index contributed by atoms with van der Waals surface area (Å²) >= 11 is 0. The van der Waals surface area contributed by atoms with E-state index in [1.165, 1.54) is 12.1 Å². The van der Waals surface area contributed by atoms with Crippen LogP contribution in [0, 0.1) is 11.3 Å². The van der Waals surface area contributed by atoms with Gasteiger partial charge in [-0.3, -0.25) is 19.2 Å². The first-order valence-electron chi connectivity index (χ1n) is 14.6. The number of benzene rings is 1. The normalized spacial score (nSPS) is 21.8. The van der Waals surface area contributed by atoms with Crippen molar-refractivity contribution in [3.63, 3.8) is 0 Å². The van der Waals surface area contributed by atoms with E-state index in [0.717, 1.165) is 5.41 Å². The maximum absolute atomic E-state index is 12.8. The maximum atomic E-state index is 12.8. The van der Waals surface area contributed by atoms with Crippen molar-refractivity contribution in [3.8, 4) is 5.75 Å². The van der Waals surface area contributed by atoms with Crippen molar-refractivity contribution in [1.82, 2.24) is 5.32 Å². The Morgan fingerprint density at radius 1 is 1.00 bits per heavy atom. The molecule has 1 saturated carbocycles. The number of ether oxygens (including phenoxy) is 2. The first kappa shape index (κ1) is 37.7. The Hall–Kier alpha value is -3.53. The number of hydrogen-bond donors (Lipinski definition) is 6. The molecular formula is C30H44N2O12S. The first-order valence-corrected chi connectivity index (χ1v) is 16.3. The number of nitrogens with one attached hydrogen (secondary N) is 2. The fourth-order valence-corrected chi connectivity index (χ4v) is 5.19. The summed E-state index contributed by atoms with van der Waals surface area (Å²) in [4.78, 5) is 48.8. The standard InChI is InChI=1S/C30H44N2O12S/c1-5-45(41,42)14-8-6-7-9-23(33)31-13-12-24(34)32-20-15-18(17-43-29(40)30(2,3)4)10-11-21(20)44-22-16-19(28(38)39)25(35)27(37)26(22)36/h5,10-11,15,19,22,25-27,35-37H,1,6-9,12-14,16-17H2,2-4H3,(H,31,33)(H,32,34)(H,38,39)/t19-,22+,25+,26-,27-/m0/s1. The molecule has 5 atom stereocenters. The number of aliphatic hydroxyl groups is 3. The van der Waals surface area contributed by atoms with Crippen LogP contribution in [0.1, 0.15) is 64.9 Å². The van der Waals surface area contributed by atoms with Crippen LogP contribution in [0.4, 0.5) is 5.69 Å². The summed E-state index contributed by atoms with van der Waals surface area (Å²) in [6.45, 7) is 8.20. The molecule has 0 aromatic heterocycles. The number of hydrogen-bond acceptors (Lipinski definition) is 11. The van der Waals surface area contributed by atoms with Crippen molar-refractivity contribution in [1.29, 1.82) is 0 Å². The van der Waals surface area contributed by atoms with Crippen molar-refractivity contribution >= 4 is 39.3 Å². The lowest BCUT2D eigenvalue weighted by Crippen LogP contribution is -2.57. The zero-order valence-corrected chi connectivity index (χ0v) is 26.5. The molecule has 1 fully saturated rings. The molecule has 1 aliphatic rings. The number of amides is 2. The quantitative estimate of drug-likeness (QED) is 0.109. The van der Waals surface area contributed by atoms with Gasteiger partial charge in [0.1, 0.15) is 30.7 Å².